The van der Waals surface area contributed by atoms with Crippen molar-refractivity contribution < 1.29 is 9.53 Å². The second-order valence-corrected chi connectivity index (χ2v) is 5.17. The quantitative estimate of drug-likeness (QED) is 0.715. The molecule has 0 bridgehead atoms. The molecule has 0 saturated heterocycles. The first-order valence-corrected chi connectivity index (χ1v) is 7.38. The van der Waals surface area contributed by atoms with Gasteiger partial charge in [-0.25, -0.2) is 0 Å². The highest BCUT2D eigenvalue weighted by Crippen LogP contribution is 2.23. The lowest BCUT2D eigenvalue weighted by Crippen LogP contribution is -2.14. The number of aromatic nitrogens is 1. The molecule has 0 amide bonds. The highest BCUT2D eigenvalue weighted by atomic mass is 16.5. The maximum Gasteiger partial charge on any atom is 0.184 e. The summed E-state index contributed by atoms with van der Waals surface area (Å²) in [6.07, 6.45) is 3.29. The molecular weight excluding hydrogens is 262 g/mol. The average Bonchev–Trinajstić information content (AvgIpc) is 2.51. The Morgan fingerprint density at radius 3 is 2.38 bits per heavy atom. The molecule has 0 fully saturated rings. The number of benzene rings is 1. The molecule has 1 aromatic heterocycles. The minimum Gasteiger partial charge on any atom is -0.457 e. The number of hydrogen-bond acceptors (Lipinski definition) is 3. The molecule has 2 aromatic rings. The number of carbonyl (C=O) groups is 1. The van der Waals surface area contributed by atoms with E-state index in [1.165, 1.54) is 5.56 Å². The van der Waals surface area contributed by atoms with Gasteiger partial charge in [0.15, 0.2) is 5.78 Å². The first-order valence-electron chi connectivity index (χ1n) is 7.38. The fraction of sp³-hybridized carbons (Fsp3) is 0.333. The van der Waals surface area contributed by atoms with E-state index in [1.807, 2.05) is 45.0 Å². The number of ketones is 1. The van der Waals surface area contributed by atoms with Crippen LogP contribution in [0.2, 0.25) is 0 Å². The minimum atomic E-state index is 0.0344. The molecule has 1 heterocycles. The monoisotopic (exact) mass is 283 g/mol. The molecule has 0 saturated carbocycles. The van der Waals surface area contributed by atoms with Crippen LogP contribution in [-0.4, -0.2) is 10.8 Å². The number of aryl methyl sites for hydroxylation is 1. The maximum absolute atomic E-state index is 12.3. The number of rotatable bonds is 6. The van der Waals surface area contributed by atoms with E-state index in [0.717, 1.165) is 18.6 Å². The topological polar surface area (TPSA) is 39.2 Å². The lowest BCUT2D eigenvalue weighted by atomic mass is 9.96. The molecule has 3 nitrogen and oxygen atoms in total. The van der Waals surface area contributed by atoms with E-state index < -0.39 is 0 Å². The predicted octanol–water partition coefficient (Wildman–Crippen LogP) is 4.80. The summed E-state index contributed by atoms with van der Waals surface area (Å²) in [5.74, 6) is 1.53. The van der Waals surface area contributed by atoms with Gasteiger partial charge in [0, 0.05) is 18.2 Å². The highest BCUT2D eigenvalue weighted by Gasteiger charge is 2.18. The fourth-order valence-corrected chi connectivity index (χ4v) is 2.22. The summed E-state index contributed by atoms with van der Waals surface area (Å²) in [7, 11) is 0. The normalized spacial score (nSPS) is 10.7. The van der Waals surface area contributed by atoms with Gasteiger partial charge in [-0.3, -0.25) is 9.78 Å². The number of nitrogens with zero attached hydrogens (tertiary/aromatic N) is 1. The van der Waals surface area contributed by atoms with E-state index in [1.54, 1.807) is 18.3 Å². The first kappa shape index (κ1) is 15.2. The largest absolute Gasteiger partial charge is 0.457 e. The first-order chi connectivity index (χ1) is 10.1. The number of Topliss-reactive ketones (excluding diaryl/α,β-unsaturated/α-hetero) is 1. The zero-order valence-corrected chi connectivity index (χ0v) is 12.8. The molecule has 1 aromatic carbocycles. The van der Waals surface area contributed by atoms with Crippen molar-refractivity contribution in [3.05, 3.63) is 53.9 Å². The van der Waals surface area contributed by atoms with Crippen molar-refractivity contribution in [2.24, 2.45) is 5.92 Å². The van der Waals surface area contributed by atoms with Crippen LogP contribution in [0, 0.1) is 12.8 Å². The third kappa shape index (κ3) is 3.91. The Morgan fingerprint density at radius 1 is 1.10 bits per heavy atom. The molecule has 0 aliphatic carbocycles. The summed E-state index contributed by atoms with van der Waals surface area (Å²) in [6, 6.07) is 11.3. The average molecular weight is 283 g/mol. The third-order valence-electron chi connectivity index (χ3n) is 3.60. The molecule has 21 heavy (non-hydrogen) atoms. The minimum absolute atomic E-state index is 0.0344. The highest BCUT2D eigenvalue weighted by molar-refractivity contribution is 5.96. The molecule has 0 aliphatic heterocycles. The Bertz CT molecular complexity index is 601. The molecular formula is C18H21NO2. The second kappa shape index (κ2) is 7.02. The van der Waals surface area contributed by atoms with E-state index in [9.17, 15) is 4.79 Å². The van der Waals surface area contributed by atoms with Crippen LogP contribution >= 0.6 is 0 Å². The molecule has 110 valence electrons. The van der Waals surface area contributed by atoms with Crippen LogP contribution < -0.4 is 4.74 Å². The van der Waals surface area contributed by atoms with Crippen molar-refractivity contribution in [1.29, 1.82) is 0 Å². The summed E-state index contributed by atoms with van der Waals surface area (Å²) >= 11 is 0. The van der Waals surface area contributed by atoms with E-state index >= 15 is 0 Å². The summed E-state index contributed by atoms with van der Waals surface area (Å²) in [4.78, 5) is 16.5. The Balaban J connectivity index is 2.17. The van der Waals surface area contributed by atoms with Crippen LogP contribution in [0.4, 0.5) is 0 Å². The fourth-order valence-electron chi connectivity index (χ4n) is 2.22. The van der Waals surface area contributed by atoms with Crippen LogP contribution in [0.25, 0.3) is 0 Å². The van der Waals surface area contributed by atoms with Gasteiger partial charge < -0.3 is 4.74 Å². The van der Waals surface area contributed by atoms with Crippen LogP contribution in [0.5, 0.6) is 11.5 Å². The van der Waals surface area contributed by atoms with E-state index in [0.29, 0.717) is 11.4 Å². The Kier molecular flexibility index (Phi) is 5.09. The van der Waals surface area contributed by atoms with Crippen LogP contribution in [-0.2, 0) is 0 Å². The van der Waals surface area contributed by atoms with E-state index in [2.05, 4.69) is 4.98 Å². The molecule has 0 unspecified atom stereocenters. The van der Waals surface area contributed by atoms with Gasteiger partial charge in [0.1, 0.15) is 17.2 Å². The number of carbonyl (C=O) groups excluding carboxylic acids is 1. The Hall–Kier alpha value is -2.16. The molecule has 0 aliphatic rings. The van der Waals surface area contributed by atoms with E-state index in [4.69, 9.17) is 4.74 Å². The summed E-state index contributed by atoms with van der Waals surface area (Å²) in [5, 5.41) is 0. The van der Waals surface area contributed by atoms with Gasteiger partial charge >= 0.3 is 0 Å². The predicted molar refractivity (Wildman–Crippen MR) is 83.9 cm³/mol. The van der Waals surface area contributed by atoms with Crippen LogP contribution in [0.3, 0.4) is 0 Å². The van der Waals surface area contributed by atoms with Crippen molar-refractivity contribution in [2.45, 2.75) is 33.6 Å². The summed E-state index contributed by atoms with van der Waals surface area (Å²) in [6.45, 7) is 6.08. The lowest BCUT2D eigenvalue weighted by molar-refractivity contribution is 0.0908. The van der Waals surface area contributed by atoms with Gasteiger partial charge in [-0.1, -0.05) is 31.5 Å². The zero-order chi connectivity index (χ0) is 15.2. The number of ether oxygens (including phenoxy) is 1. The summed E-state index contributed by atoms with van der Waals surface area (Å²) < 4.78 is 5.78. The molecule has 2 rings (SSSR count). The van der Waals surface area contributed by atoms with Crippen molar-refractivity contribution in [1.82, 2.24) is 4.98 Å². The molecule has 0 atom stereocenters. The molecule has 3 heteroatoms. The molecule has 0 radical (unpaired) electrons. The number of pyridine rings is 1. The van der Waals surface area contributed by atoms with Gasteiger partial charge in [-0.2, -0.15) is 0 Å². The SMILES string of the molecule is CCC(CC)C(=O)c1cc(Oc2ccc(C)cc2)ccn1. The van der Waals surface area contributed by atoms with Gasteiger partial charge in [0.25, 0.3) is 0 Å². The Labute approximate surface area is 126 Å². The smallest absolute Gasteiger partial charge is 0.184 e. The summed E-state index contributed by atoms with van der Waals surface area (Å²) in [5.41, 5.74) is 1.66. The number of hydrogen-bond donors (Lipinski definition) is 0. The van der Waals surface area contributed by atoms with Gasteiger partial charge in [-0.05, 0) is 38.0 Å². The van der Waals surface area contributed by atoms with Crippen molar-refractivity contribution in [3.8, 4) is 11.5 Å². The third-order valence-corrected chi connectivity index (χ3v) is 3.60. The van der Waals surface area contributed by atoms with E-state index in [-0.39, 0.29) is 11.7 Å². The van der Waals surface area contributed by atoms with Crippen LogP contribution in [0.1, 0.15) is 42.7 Å². The van der Waals surface area contributed by atoms with Crippen molar-refractivity contribution in [3.63, 3.8) is 0 Å². The van der Waals surface area contributed by atoms with Crippen molar-refractivity contribution in [2.75, 3.05) is 0 Å². The Morgan fingerprint density at radius 2 is 1.76 bits per heavy atom. The van der Waals surface area contributed by atoms with Gasteiger partial charge in [0.05, 0.1) is 0 Å². The van der Waals surface area contributed by atoms with Crippen molar-refractivity contribution >= 4 is 5.78 Å². The maximum atomic E-state index is 12.3. The van der Waals surface area contributed by atoms with Gasteiger partial charge in [0.2, 0.25) is 0 Å². The standard InChI is InChI=1S/C18H21NO2/c1-4-14(5-2)18(20)17-12-16(10-11-19-17)21-15-8-6-13(3)7-9-15/h6-12,14H,4-5H2,1-3H3. The lowest BCUT2D eigenvalue weighted by Gasteiger charge is -2.11. The molecule has 0 spiro atoms. The zero-order valence-electron chi connectivity index (χ0n) is 12.8. The van der Waals surface area contributed by atoms with Crippen LogP contribution in [0.15, 0.2) is 42.6 Å². The molecule has 0 N–H and O–H groups in total. The second-order valence-electron chi connectivity index (χ2n) is 5.17. The van der Waals surface area contributed by atoms with Gasteiger partial charge in [-0.15, -0.1) is 0 Å².